The number of amides is 2. The zero-order valence-electron chi connectivity index (χ0n) is 21.2. The fourth-order valence-electron chi connectivity index (χ4n) is 6.03. The van der Waals surface area contributed by atoms with Gasteiger partial charge in [0.15, 0.2) is 6.10 Å². The molecule has 0 spiro atoms. The molecule has 35 heavy (non-hydrogen) atoms. The monoisotopic (exact) mass is 474 g/mol. The molecule has 2 atom stereocenters. The van der Waals surface area contributed by atoms with E-state index in [1.165, 1.54) is 11.1 Å². The molecule has 2 amide bonds. The van der Waals surface area contributed by atoms with Crippen LogP contribution in [-0.2, 0) is 16.0 Å². The van der Waals surface area contributed by atoms with E-state index in [0.717, 1.165) is 81.5 Å². The lowest BCUT2D eigenvalue weighted by Gasteiger charge is -2.39. The third-order valence-corrected chi connectivity index (χ3v) is 8.07. The summed E-state index contributed by atoms with van der Waals surface area (Å²) in [5.74, 6) is 1.25. The van der Waals surface area contributed by atoms with E-state index in [0.29, 0.717) is 12.3 Å². The van der Waals surface area contributed by atoms with E-state index in [1.807, 2.05) is 17.9 Å². The highest BCUT2D eigenvalue weighted by Gasteiger charge is 2.36. The zero-order chi connectivity index (χ0) is 24.4. The predicted octanol–water partition coefficient (Wildman–Crippen LogP) is 5.44. The number of hydrogen-bond donors (Lipinski definition) is 0. The van der Waals surface area contributed by atoms with Gasteiger partial charge in [-0.1, -0.05) is 55.7 Å². The van der Waals surface area contributed by atoms with Gasteiger partial charge in [0.1, 0.15) is 5.75 Å². The number of likely N-dealkylation sites (tertiary alicyclic amines) is 1. The Hall–Kier alpha value is -2.82. The van der Waals surface area contributed by atoms with Crippen LogP contribution in [0.15, 0.2) is 42.5 Å². The van der Waals surface area contributed by atoms with Crippen LogP contribution >= 0.6 is 0 Å². The second kappa shape index (κ2) is 10.4. The third kappa shape index (κ3) is 4.96. The van der Waals surface area contributed by atoms with E-state index in [9.17, 15) is 9.59 Å². The Morgan fingerprint density at radius 3 is 2.37 bits per heavy atom. The summed E-state index contributed by atoms with van der Waals surface area (Å²) < 4.78 is 6.31. The molecule has 186 valence electrons. The van der Waals surface area contributed by atoms with Crippen molar-refractivity contribution in [1.29, 1.82) is 0 Å². The average molecular weight is 475 g/mol. The molecular formula is C30H38N2O3. The Morgan fingerprint density at radius 1 is 0.971 bits per heavy atom. The maximum Gasteiger partial charge on any atom is 0.263 e. The highest BCUT2D eigenvalue weighted by molar-refractivity contribution is 5.82. The van der Waals surface area contributed by atoms with E-state index in [-0.39, 0.29) is 17.9 Å². The molecule has 2 unspecified atom stereocenters. The summed E-state index contributed by atoms with van der Waals surface area (Å²) in [6.07, 6.45) is 7.47. The molecule has 0 radical (unpaired) electrons. The molecule has 0 N–H and O–H groups in total. The number of fused-ring (bicyclic) bond motifs is 1. The van der Waals surface area contributed by atoms with Crippen molar-refractivity contribution in [3.05, 3.63) is 64.7 Å². The fourth-order valence-corrected chi connectivity index (χ4v) is 6.03. The normalized spacial score (nSPS) is 21.1. The summed E-state index contributed by atoms with van der Waals surface area (Å²) in [5, 5.41) is 0. The van der Waals surface area contributed by atoms with Crippen LogP contribution in [0.1, 0.15) is 80.2 Å². The van der Waals surface area contributed by atoms with Gasteiger partial charge in [0.25, 0.3) is 5.91 Å². The average Bonchev–Trinajstić information content (AvgIpc) is 3.61. The second-order valence-corrected chi connectivity index (χ2v) is 10.5. The summed E-state index contributed by atoms with van der Waals surface area (Å²) >= 11 is 0. The zero-order valence-corrected chi connectivity index (χ0v) is 21.2. The van der Waals surface area contributed by atoms with Gasteiger partial charge in [-0.25, -0.2) is 0 Å². The highest BCUT2D eigenvalue weighted by atomic mass is 16.5. The largest absolute Gasteiger partial charge is 0.481 e. The molecule has 1 aliphatic carbocycles. The maximum absolute atomic E-state index is 13.7. The van der Waals surface area contributed by atoms with E-state index < -0.39 is 6.10 Å². The van der Waals surface area contributed by atoms with Gasteiger partial charge < -0.3 is 14.5 Å². The maximum atomic E-state index is 13.7. The van der Waals surface area contributed by atoms with Crippen LogP contribution in [0.3, 0.4) is 0 Å². The molecule has 5 rings (SSSR count). The fraction of sp³-hybridized carbons (Fsp3) is 0.533. The molecule has 1 saturated carbocycles. The first-order valence-corrected chi connectivity index (χ1v) is 13.5. The number of aryl methyl sites for hydroxylation is 1. The van der Waals surface area contributed by atoms with Crippen molar-refractivity contribution in [3.8, 4) is 5.75 Å². The summed E-state index contributed by atoms with van der Waals surface area (Å²) in [7, 11) is 0. The Bertz CT molecular complexity index is 1050. The molecular weight excluding hydrogens is 436 g/mol. The van der Waals surface area contributed by atoms with Crippen molar-refractivity contribution in [2.75, 3.05) is 19.6 Å². The Morgan fingerprint density at radius 2 is 1.69 bits per heavy atom. The summed E-state index contributed by atoms with van der Waals surface area (Å²) in [5.41, 5.74) is 4.74. The van der Waals surface area contributed by atoms with Crippen molar-refractivity contribution in [1.82, 2.24) is 9.80 Å². The van der Waals surface area contributed by atoms with Crippen molar-refractivity contribution in [3.63, 3.8) is 0 Å². The molecule has 0 aromatic heterocycles. The minimum absolute atomic E-state index is 0.0934. The van der Waals surface area contributed by atoms with Crippen molar-refractivity contribution in [2.24, 2.45) is 5.92 Å². The van der Waals surface area contributed by atoms with Crippen LogP contribution in [0, 0.1) is 12.8 Å². The number of hydrogen-bond acceptors (Lipinski definition) is 3. The van der Waals surface area contributed by atoms with Crippen LogP contribution in [-0.4, -0.2) is 47.4 Å². The molecule has 5 nitrogen and oxygen atoms in total. The Kier molecular flexibility index (Phi) is 7.12. The lowest BCUT2D eigenvalue weighted by atomic mass is 9.86. The smallest absolute Gasteiger partial charge is 0.263 e. The van der Waals surface area contributed by atoms with Crippen LogP contribution < -0.4 is 4.74 Å². The summed E-state index contributed by atoms with van der Waals surface area (Å²) in [4.78, 5) is 30.7. The van der Waals surface area contributed by atoms with E-state index >= 15 is 0 Å². The molecule has 2 aromatic carbocycles. The number of ether oxygens (including phenoxy) is 1. The molecule has 2 heterocycles. The Labute approximate surface area is 209 Å². The van der Waals surface area contributed by atoms with Crippen LogP contribution in [0.4, 0.5) is 0 Å². The number of carbonyl (C=O) groups excluding carboxylic acids is 2. The lowest BCUT2D eigenvalue weighted by Crippen LogP contribution is -2.43. The third-order valence-electron chi connectivity index (χ3n) is 8.07. The minimum Gasteiger partial charge on any atom is -0.481 e. The standard InChI is InChI=1S/C30H38N2O3/c1-3-27(30(34)31-17-6-7-18-31)35-25-15-14-22-16-19-32(29(33)24-8-4-5-9-24)28(26(22)20-25)23-12-10-21(2)11-13-23/h10-15,20,24,27-28H,3-9,16-19H2,1-2H3. The first kappa shape index (κ1) is 23.9. The quantitative estimate of drug-likeness (QED) is 0.560. The molecule has 5 heteroatoms. The molecule has 3 aliphatic rings. The minimum atomic E-state index is -0.469. The first-order valence-electron chi connectivity index (χ1n) is 13.5. The highest BCUT2D eigenvalue weighted by Crippen LogP contribution is 2.40. The van der Waals surface area contributed by atoms with Crippen LogP contribution in [0.2, 0.25) is 0 Å². The SMILES string of the molecule is CCC(Oc1ccc2c(c1)C(c1ccc(C)cc1)N(C(=O)C1CCCC1)CC2)C(=O)N1CCCC1. The number of benzene rings is 2. The van der Waals surface area contributed by atoms with E-state index in [4.69, 9.17) is 4.74 Å². The van der Waals surface area contributed by atoms with Crippen molar-refractivity contribution in [2.45, 2.75) is 77.4 Å². The molecule has 0 bridgehead atoms. The topological polar surface area (TPSA) is 49.9 Å². The Balaban J connectivity index is 1.46. The van der Waals surface area contributed by atoms with Gasteiger partial charge in [0, 0.05) is 25.6 Å². The van der Waals surface area contributed by atoms with Gasteiger partial charge in [-0.2, -0.15) is 0 Å². The van der Waals surface area contributed by atoms with E-state index in [1.54, 1.807) is 0 Å². The lowest BCUT2D eigenvalue weighted by molar-refractivity contribution is -0.138. The van der Waals surface area contributed by atoms with Crippen molar-refractivity contribution < 1.29 is 14.3 Å². The number of carbonyl (C=O) groups is 2. The first-order chi connectivity index (χ1) is 17.0. The molecule has 2 fully saturated rings. The molecule has 2 aliphatic heterocycles. The van der Waals surface area contributed by atoms with Crippen LogP contribution in [0.5, 0.6) is 5.75 Å². The van der Waals surface area contributed by atoms with Gasteiger partial charge in [-0.15, -0.1) is 0 Å². The van der Waals surface area contributed by atoms with Gasteiger partial charge in [0.2, 0.25) is 5.91 Å². The van der Waals surface area contributed by atoms with Gasteiger partial charge in [0.05, 0.1) is 6.04 Å². The van der Waals surface area contributed by atoms with Gasteiger partial charge in [-0.3, -0.25) is 9.59 Å². The summed E-state index contributed by atoms with van der Waals surface area (Å²) in [6, 6.07) is 14.7. The second-order valence-electron chi connectivity index (χ2n) is 10.5. The van der Waals surface area contributed by atoms with E-state index in [2.05, 4.69) is 48.2 Å². The molecule has 1 saturated heterocycles. The van der Waals surface area contributed by atoms with Gasteiger partial charge in [-0.05, 0) is 74.3 Å². The van der Waals surface area contributed by atoms with Crippen LogP contribution in [0.25, 0.3) is 0 Å². The molecule has 2 aromatic rings. The van der Waals surface area contributed by atoms with Crippen molar-refractivity contribution >= 4 is 11.8 Å². The van der Waals surface area contributed by atoms with Gasteiger partial charge >= 0.3 is 0 Å². The number of rotatable bonds is 6. The summed E-state index contributed by atoms with van der Waals surface area (Å²) in [6.45, 7) is 6.50. The number of nitrogens with zero attached hydrogens (tertiary/aromatic N) is 2. The predicted molar refractivity (Wildman–Crippen MR) is 137 cm³/mol.